The Labute approximate surface area is 121 Å². The van der Waals surface area contributed by atoms with E-state index in [0.717, 1.165) is 5.56 Å². The zero-order valence-corrected chi connectivity index (χ0v) is 11.8. The van der Waals surface area contributed by atoms with E-state index in [1.165, 1.54) is 0 Å². The molecule has 0 unspecified atom stereocenters. The molecule has 0 aliphatic heterocycles. The molecule has 0 aliphatic carbocycles. The lowest BCUT2D eigenvalue weighted by molar-refractivity contribution is 0.0921. The number of ketones is 1. The first-order valence-corrected chi connectivity index (χ1v) is 6.49. The van der Waals surface area contributed by atoms with E-state index in [9.17, 15) is 4.79 Å². The van der Waals surface area contributed by atoms with Crippen molar-refractivity contribution in [1.82, 2.24) is 0 Å². The van der Waals surface area contributed by atoms with E-state index in [1.807, 2.05) is 19.1 Å². The lowest BCUT2D eigenvalue weighted by Gasteiger charge is -2.06. The molecule has 2 rings (SSSR count). The summed E-state index contributed by atoms with van der Waals surface area (Å²) in [5.41, 5.74) is 1.73. The second-order valence-corrected chi connectivity index (χ2v) is 5.06. The fourth-order valence-electron chi connectivity index (χ4n) is 1.58. The second kappa shape index (κ2) is 6.09. The maximum atomic E-state index is 11.9. The predicted molar refractivity (Wildman–Crippen MR) is 77.5 cm³/mol. The number of benzene rings is 2. The van der Waals surface area contributed by atoms with Gasteiger partial charge in [-0.25, -0.2) is 0 Å². The highest BCUT2D eigenvalue weighted by molar-refractivity contribution is 6.34. The van der Waals surface area contributed by atoms with Gasteiger partial charge in [-0.05, 0) is 25.1 Å². The summed E-state index contributed by atoms with van der Waals surface area (Å²) < 4.78 is 5.40. The summed E-state index contributed by atoms with van der Waals surface area (Å²) in [6, 6.07) is 12.2. The molecular formula is C15H12Cl2O2. The smallest absolute Gasteiger partial charge is 0.200 e. The van der Waals surface area contributed by atoms with Crippen molar-refractivity contribution in [1.29, 1.82) is 0 Å². The maximum absolute atomic E-state index is 11.9. The highest BCUT2D eigenvalue weighted by Crippen LogP contribution is 2.24. The molecule has 0 atom stereocenters. The van der Waals surface area contributed by atoms with E-state index in [-0.39, 0.29) is 12.4 Å². The number of carbonyl (C=O) groups is 1. The summed E-state index contributed by atoms with van der Waals surface area (Å²) in [5.74, 6) is 0.397. The minimum Gasteiger partial charge on any atom is -0.485 e. The lowest BCUT2D eigenvalue weighted by Crippen LogP contribution is -2.11. The van der Waals surface area contributed by atoms with Gasteiger partial charge in [0.05, 0.1) is 0 Å². The van der Waals surface area contributed by atoms with Gasteiger partial charge in [0.15, 0.2) is 12.4 Å². The summed E-state index contributed by atoms with van der Waals surface area (Å²) in [7, 11) is 0. The number of rotatable bonds is 4. The van der Waals surface area contributed by atoms with Crippen molar-refractivity contribution in [2.45, 2.75) is 6.92 Å². The van der Waals surface area contributed by atoms with E-state index < -0.39 is 0 Å². The molecule has 0 fully saturated rings. The van der Waals surface area contributed by atoms with E-state index in [0.29, 0.717) is 21.4 Å². The van der Waals surface area contributed by atoms with Gasteiger partial charge < -0.3 is 4.74 Å². The number of Topliss-reactive ketones (excluding diaryl/α,β-unsaturated/α-hetero) is 1. The van der Waals surface area contributed by atoms with E-state index in [1.54, 1.807) is 30.3 Å². The van der Waals surface area contributed by atoms with Gasteiger partial charge in [-0.1, -0.05) is 53.0 Å². The minimum atomic E-state index is -0.0869. The number of hydrogen-bond acceptors (Lipinski definition) is 2. The van der Waals surface area contributed by atoms with E-state index in [4.69, 9.17) is 27.9 Å². The van der Waals surface area contributed by atoms with Crippen LogP contribution in [0.2, 0.25) is 10.0 Å². The zero-order chi connectivity index (χ0) is 13.8. The summed E-state index contributed by atoms with van der Waals surface area (Å²) in [6.45, 7) is 1.93. The van der Waals surface area contributed by atoms with Crippen LogP contribution in [0.1, 0.15) is 15.9 Å². The summed E-state index contributed by atoms with van der Waals surface area (Å²) in [6.07, 6.45) is 0. The molecule has 0 saturated heterocycles. The van der Waals surface area contributed by atoms with Crippen LogP contribution in [0.4, 0.5) is 0 Å². The molecule has 0 aliphatic rings. The Morgan fingerprint density at radius 1 is 1.05 bits per heavy atom. The molecule has 0 N–H and O–H groups in total. The fraction of sp³-hybridized carbons (Fsp3) is 0.133. The molecule has 2 aromatic rings. The van der Waals surface area contributed by atoms with Gasteiger partial charge in [0.1, 0.15) is 5.75 Å². The topological polar surface area (TPSA) is 26.3 Å². The highest BCUT2D eigenvalue weighted by Gasteiger charge is 2.07. The largest absolute Gasteiger partial charge is 0.485 e. The number of halogens is 2. The molecule has 0 aromatic heterocycles. The van der Waals surface area contributed by atoms with Crippen molar-refractivity contribution in [2.75, 3.05) is 6.61 Å². The van der Waals surface area contributed by atoms with Crippen LogP contribution in [0, 0.1) is 6.92 Å². The first kappa shape index (κ1) is 13.9. The first-order valence-electron chi connectivity index (χ1n) is 5.73. The first-order chi connectivity index (χ1) is 9.04. The van der Waals surface area contributed by atoms with E-state index in [2.05, 4.69) is 0 Å². The number of carbonyl (C=O) groups excluding carboxylic acids is 1. The Kier molecular flexibility index (Phi) is 4.46. The molecule has 19 heavy (non-hydrogen) atoms. The van der Waals surface area contributed by atoms with Gasteiger partial charge >= 0.3 is 0 Å². The number of hydrogen-bond donors (Lipinski definition) is 0. The molecule has 2 aromatic carbocycles. The van der Waals surface area contributed by atoms with Gasteiger partial charge in [0, 0.05) is 15.6 Å². The summed E-state index contributed by atoms with van der Waals surface area (Å²) in [5, 5.41) is 0.954. The average molecular weight is 295 g/mol. The normalized spacial score (nSPS) is 10.3. The summed E-state index contributed by atoms with van der Waals surface area (Å²) in [4.78, 5) is 11.9. The van der Waals surface area contributed by atoms with Crippen molar-refractivity contribution in [3.05, 3.63) is 63.6 Å². The number of aryl methyl sites for hydroxylation is 1. The van der Waals surface area contributed by atoms with Crippen molar-refractivity contribution in [3.63, 3.8) is 0 Å². The van der Waals surface area contributed by atoms with Crippen LogP contribution >= 0.6 is 23.2 Å². The van der Waals surface area contributed by atoms with Crippen LogP contribution < -0.4 is 4.74 Å². The third-order valence-electron chi connectivity index (χ3n) is 2.58. The van der Waals surface area contributed by atoms with Gasteiger partial charge in [0.2, 0.25) is 0 Å². The van der Waals surface area contributed by atoms with Crippen molar-refractivity contribution in [3.8, 4) is 5.75 Å². The highest BCUT2D eigenvalue weighted by atomic mass is 35.5. The Morgan fingerprint density at radius 2 is 1.63 bits per heavy atom. The molecule has 98 valence electrons. The molecule has 0 heterocycles. The monoisotopic (exact) mass is 294 g/mol. The Bertz CT molecular complexity index is 571. The van der Waals surface area contributed by atoms with Crippen LogP contribution in [-0.4, -0.2) is 12.4 Å². The average Bonchev–Trinajstić information content (AvgIpc) is 2.36. The molecule has 2 nitrogen and oxygen atoms in total. The molecule has 0 amide bonds. The van der Waals surface area contributed by atoms with Crippen molar-refractivity contribution < 1.29 is 9.53 Å². The van der Waals surface area contributed by atoms with Gasteiger partial charge in [0.25, 0.3) is 0 Å². The fourth-order valence-corrected chi connectivity index (χ4v) is 2.09. The maximum Gasteiger partial charge on any atom is 0.200 e. The van der Waals surface area contributed by atoms with Gasteiger partial charge in [-0.2, -0.15) is 0 Å². The zero-order valence-electron chi connectivity index (χ0n) is 10.3. The molecule has 4 heteroatoms. The number of ether oxygens (including phenoxy) is 1. The van der Waals surface area contributed by atoms with Crippen LogP contribution in [-0.2, 0) is 0 Å². The third kappa shape index (κ3) is 3.98. The van der Waals surface area contributed by atoms with Crippen LogP contribution in [0.15, 0.2) is 42.5 Å². The molecule has 0 spiro atoms. The predicted octanol–water partition coefficient (Wildman–Crippen LogP) is 4.56. The lowest BCUT2D eigenvalue weighted by atomic mass is 10.1. The van der Waals surface area contributed by atoms with E-state index >= 15 is 0 Å². The molecule has 0 saturated carbocycles. The Balaban J connectivity index is 2.02. The van der Waals surface area contributed by atoms with Crippen LogP contribution in [0.25, 0.3) is 0 Å². The quantitative estimate of drug-likeness (QED) is 0.773. The Hall–Kier alpha value is -1.51. The second-order valence-electron chi connectivity index (χ2n) is 4.18. The van der Waals surface area contributed by atoms with Crippen molar-refractivity contribution >= 4 is 29.0 Å². The van der Waals surface area contributed by atoms with Gasteiger partial charge in [-0.3, -0.25) is 4.79 Å². The minimum absolute atomic E-state index is 0.0419. The van der Waals surface area contributed by atoms with Gasteiger partial charge in [-0.15, -0.1) is 0 Å². The third-order valence-corrected chi connectivity index (χ3v) is 3.02. The molecule has 0 radical (unpaired) electrons. The Morgan fingerprint density at radius 3 is 2.21 bits per heavy atom. The van der Waals surface area contributed by atoms with Crippen molar-refractivity contribution in [2.24, 2.45) is 0 Å². The standard InChI is InChI=1S/C15H12Cl2O2/c1-10-2-4-11(5-3-10)15(18)9-19-14-7-12(16)6-13(17)8-14/h2-8H,9H2,1H3. The van der Waals surface area contributed by atoms with Crippen LogP contribution in [0.5, 0.6) is 5.75 Å². The molecular weight excluding hydrogens is 283 g/mol. The SMILES string of the molecule is Cc1ccc(C(=O)COc2cc(Cl)cc(Cl)c2)cc1. The molecule has 0 bridgehead atoms. The summed E-state index contributed by atoms with van der Waals surface area (Å²) >= 11 is 11.7. The van der Waals surface area contributed by atoms with Crippen LogP contribution in [0.3, 0.4) is 0 Å².